The number of thiazole rings is 1. The average Bonchev–Trinajstić information content (AvgIpc) is 2.98. The van der Waals surface area contributed by atoms with Crippen LogP contribution in [0.1, 0.15) is 10.7 Å². The Morgan fingerprint density at radius 2 is 2.35 bits per heavy atom. The van der Waals surface area contributed by atoms with E-state index in [0.717, 1.165) is 5.01 Å². The number of sulfonamides is 1. The molecule has 0 aliphatic rings. The second-order valence-electron chi connectivity index (χ2n) is 3.32. The summed E-state index contributed by atoms with van der Waals surface area (Å²) in [6.45, 7) is 0.477. The SMILES string of the molecule is NCc1cc(S(=O)(=O)NCc2nccs2)c[nH]1. The van der Waals surface area contributed by atoms with Crippen molar-refractivity contribution in [3.05, 3.63) is 34.5 Å². The Morgan fingerprint density at radius 3 is 2.94 bits per heavy atom. The number of H-pyrrole nitrogens is 1. The third kappa shape index (κ3) is 2.91. The molecule has 0 saturated heterocycles. The first-order valence-corrected chi connectivity index (χ1v) is 7.23. The Labute approximate surface area is 103 Å². The molecule has 2 aromatic rings. The number of nitrogens with two attached hydrogens (primary N) is 1. The number of nitrogens with one attached hydrogen (secondary N) is 2. The molecule has 2 aromatic heterocycles. The molecule has 0 spiro atoms. The van der Waals surface area contributed by atoms with Crippen molar-refractivity contribution in [1.82, 2.24) is 14.7 Å². The normalized spacial score (nSPS) is 11.8. The second-order valence-corrected chi connectivity index (χ2v) is 6.06. The van der Waals surface area contributed by atoms with Crippen LogP contribution in [0.2, 0.25) is 0 Å². The van der Waals surface area contributed by atoms with E-state index in [1.807, 2.05) is 0 Å². The molecule has 92 valence electrons. The minimum Gasteiger partial charge on any atom is -0.363 e. The molecule has 0 unspecified atom stereocenters. The van der Waals surface area contributed by atoms with Crippen molar-refractivity contribution in [3.63, 3.8) is 0 Å². The minimum absolute atomic E-state index is 0.189. The Hall–Kier alpha value is -1.22. The van der Waals surface area contributed by atoms with Gasteiger partial charge in [0.2, 0.25) is 10.0 Å². The number of aromatic amines is 1. The maximum absolute atomic E-state index is 11.9. The van der Waals surface area contributed by atoms with E-state index in [9.17, 15) is 8.42 Å². The summed E-state index contributed by atoms with van der Waals surface area (Å²) >= 11 is 1.40. The number of rotatable bonds is 5. The molecule has 0 bridgehead atoms. The van der Waals surface area contributed by atoms with Crippen molar-refractivity contribution in [3.8, 4) is 0 Å². The fourth-order valence-corrected chi connectivity index (χ4v) is 2.92. The summed E-state index contributed by atoms with van der Waals surface area (Å²) in [5.74, 6) is 0. The van der Waals surface area contributed by atoms with Gasteiger partial charge in [0.15, 0.2) is 0 Å². The third-order valence-corrected chi connectivity index (χ3v) is 4.30. The van der Waals surface area contributed by atoms with Crippen LogP contribution in [0.4, 0.5) is 0 Å². The van der Waals surface area contributed by atoms with E-state index in [2.05, 4.69) is 14.7 Å². The first kappa shape index (κ1) is 12.2. The van der Waals surface area contributed by atoms with Crippen molar-refractivity contribution in [2.24, 2.45) is 5.73 Å². The Bertz CT molecular complexity index is 574. The maximum atomic E-state index is 11.9. The van der Waals surface area contributed by atoms with Gasteiger partial charge in [0.05, 0.1) is 11.4 Å². The monoisotopic (exact) mass is 272 g/mol. The molecule has 6 nitrogen and oxygen atoms in total. The summed E-state index contributed by atoms with van der Waals surface area (Å²) in [6.07, 6.45) is 3.06. The summed E-state index contributed by atoms with van der Waals surface area (Å²) in [4.78, 5) is 6.99. The molecular formula is C9H12N4O2S2. The highest BCUT2D eigenvalue weighted by molar-refractivity contribution is 7.89. The van der Waals surface area contributed by atoms with E-state index in [1.54, 1.807) is 11.6 Å². The van der Waals surface area contributed by atoms with Crippen molar-refractivity contribution >= 4 is 21.4 Å². The molecule has 2 heterocycles. The molecule has 0 aliphatic carbocycles. The lowest BCUT2D eigenvalue weighted by atomic mass is 10.4. The molecule has 0 atom stereocenters. The summed E-state index contributed by atoms with van der Waals surface area (Å²) in [6, 6.07) is 1.52. The molecule has 0 aliphatic heterocycles. The highest BCUT2D eigenvalue weighted by Crippen LogP contribution is 2.11. The molecule has 0 aromatic carbocycles. The molecule has 0 saturated carbocycles. The number of aromatic nitrogens is 2. The van der Waals surface area contributed by atoms with Crippen LogP contribution in [-0.4, -0.2) is 18.4 Å². The average molecular weight is 272 g/mol. The predicted octanol–water partition coefficient (Wildman–Crippen LogP) is 0.408. The van der Waals surface area contributed by atoms with Crippen LogP contribution < -0.4 is 10.5 Å². The van der Waals surface area contributed by atoms with Gasteiger partial charge in [-0.1, -0.05) is 0 Å². The largest absolute Gasteiger partial charge is 0.363 e. The third-order valence-electron chi connectivity index (χ3n) is 2.14. The Kier molecular flexibility index (Phi) is 3.57. The zero-order chi connectivity index (χ0) is 12.3. The lowest BCUT2D eigenvalue weighted by Gasteiger charge is -2.01. The van der Waals surface area contributed by atoms with Crippen LogP contribution in [0.15, 0.2) is 28.7 Å². The highest BCUT2D eigenvalue weighted by atomic mass is 32.2. The van der Waals surface area contributed by atoms with E-state index >= 15 is 0 Å². The van der Waals surface area contributed by atoms with E-state index < -0.39 is 10.0 Å². The van der Waals surface area contributed by atoms with Crippen molar-refractivity contribution in [1.29, 1.82) is 0 Å². The van der Waals surface area contributed by atoms with Gasteiger partial charge in [-0.3, -0.25) is 0 Å². The van der Waals surface area contributed by atoms with E-state index in [0.29, 0.717) is 5.69 Å². The van der Waals surface area contributed by atoms with Crippen LogP contribution in [-0.2, 0) is 23.1 Å². The molecule has 17 heavy (non-hydrogen) atoms. The maximum Gasteiger partial charge on any atom is 0.242 e. The summed E-state index contributed by atoms with van der Waals surface area (Å²) in [5, 5.41) is 2.52. The van der Waals surface area contributed by atoms with Gasteiger partial charge in [-0.2, -0.15) is 0 Å². The quantitative estimate of drug-likeness (QED) is 0.733. The Balaban J connectivity index is 2.08. The summed E-state index contributed by atoms with van der Waals surface area (Å²) in [7, 11) is -3.50. The number of hydrogen-bond donors (Lipinski definition) is 3. The molecular weight excluding hydrogens is 260 g/mol. The highest BCUT2D eigenvalue weighted by Gasteiger charge is 2.15. The van der Waals surface area contributed by atoms with Crippen LogP contribution in [0.25, 0.3) is 0 Å². The predicted molar refractivity (Wildman–Crippen MR) is 64.8 cm³/mol. The van der Waals surface area contributed by atoms with Crippen LogP contribution in [0.3, 0.4) is 0 Å². The summed E-state index contributed by atoms with van der Waals surface area (Å²) < 4.78 is 26.2. The van der Waals surface area contributed by atoms with Crippen LogP contribution >= 0.6 is 11.3 Å². The molecule has 2 rings (SSSR count). The van der Waals surface area contributed by atoms with Gasteiger partial charge in [0.25, 0.3) is 0 Å². The van der Waals surface area contributed by atoms with Crippen molar-refractivity contribution in [2.75, 3.05) is 0 Å². The van der Waals surface area contributed by atoms with Crippen LogP contribution in [0.5, 0.6) is 0 Å². The molecule has 4 N–H and O–H groups in total. The summed E-state index contributed by atoms with van der Waals surface area (Å²) in [5.41, 5.74) is 6.08. The number of hydrogen-bond acceptors (Lipinski definition) is 5. The topological polar surface area (TPSA) is 101 Å². The van der Waals surface area contributed by atoms with E-state index in [1.165, 1.54) is 23.6 Å². The van der Waals surface area contributed by atoms with Crippen LogP contribution in [0, 0.1) is 0 Å². The number of nitrogens with zero attached hydrogens (tertiary/aromatic N) is 1. The second kappa shape index (κ2) is 4.96. The first-order valence-electron chi connectivity index (χ1n) is 4.87. The zero-order valence-corrected chi connectivity index (χ0v) is 10.5. The Morgan fingerprint density at radius 1 is 1.53 bits per heavy atom. The minimum atomic E-state index is -3.50. The fraction of sp³-hybridized carbons (Fsp3) is 0.222. The molecule has 0 amide bonds. The van der Waals surface area contributed by atoms with E-state index in [4.69, 9.17) is 5.73 Å². The molecule has 0 fully saturated rings. The van der Waals surface area contributed by atoms with Gasteiger partial charge < -0.3 is 10.7 Å². The van der Waals surface area contributed by atoms with Crippen molar-refractivity contribution in [2.45, 2.75) is 18.0 Å². The van der Waals surface area contributed by atoms with E-state index in [-0.39, 0.29) is 18.0 Å². The van der Waals surface area contributed by atoms with Gasteiger partial charge >= 0.3 is 0 Å². The smallest absolute Gasteiger partial charge is 0.242 e. The van der Waals surface area contributed by atoms with Gasteiger partial charge in [-0.15, -0.1) is 11.3 Å². The zero-order valence-electron chi connectivity index (χ0n) is 8.88. The lowest BCUT2D eigenvalue weighted by Crippen LogP contribution is -2.22. The standard InChI is InChI=1S/C9H12N4O2S2/c10-4-7-3-8(5-12-7)17(14,15)13-6-9-11-1-2-16-9/h1-3,5,12-13H,4,6,10H2. The van der Waals surface area contributed by atoms with Crippen molar-refractivity contribution < 1.29 is 8.42 Å². The van der Waals surface area contributed by atoms with Gasteiger partial charge in [0.1, 0.15) is 5.01 Å². The van der Waals surface area contributed by atoms with Gasteiger partial charge in [-0.25, -0.2) is 18.1 Å². The molecule has 0 radical (unpaired) electrons. The first-order chi connectivity index (χ1) is 8.12. The van der Waals surface area contributed by atoms with Gasteiger partial charge in [-0.05, 0) is 6.07 Å². The fourth-order valence-electron chi connectivity index (χ4n) is 1.27. The van der Waals surface area contributed by atoms with Gasteiger partial charge in [0, 0.05) is 30.0 Å². The lowest BCUT2D eigenvalue weighted by molar-refractivity contribution is 0.581. The molecule has 8 heteroatoms.